The summed E-state index contributed by atoms with van der Waals surface area (Å²) in [7, 11) is 2.50. The van der Waals surface area contributed by atoms with Crippen molar-refractivity contribution in [2.24, 2.45) is 0 Å². The number of carboxylic acid groups (broad SMARTS) is 1. The quantitative estimate of drug-likeness (QED) is 0.156. The van der Waals surface area contributed by atoms with Crippen LogP contribution in [0.3, 0.4) is 0 Å². The fraction of sp³-hybridized carbons (Fsp3) is 0.200. The van der Waals surface area contributed by atoms with Gasteiger partial charge in [0.2, 0.25) is 12.2 Å². The number of carbonyl (C=O) groups is 6. The van der Waals surface area contributed by atoms with Gasteiger partial charge in [-0.2, -0.15) is 0 Å². The van der Waals surface area contributed by atoms with Crippen LogP contribution >= 0.6 is 22.6 Å². The maximum atomic E-state index is 13.4. The van der Waals surface area contributed by atoms with Gasteiger partial charge in [0.1, 0.15) is 0 Å². The summed E-state index contributed by atoms with van der Waals surface area (Å²) in [5.41, 5.74) is -0.208. The Morgan fingerprint density at radius 3 is 1.60 bits per heavy atom. The highest BCUT2D eigenvalue weighted by molar-refractivity contribution is 14.1. The highest BCUT2D eigenvalue weighted by Gasteiger charge is 2.41. The summed E-state index contributed by atoms with van der Waals surface area (Å²) in [5, 5.41) is 12.5. The van der Waals surface area contributed by atoms with Crippen molar-refractivity contribution in [3.8, 4) is 23.0 Å². The van der Waals surface area contributed by atoms with Gasteiger partial charge in [0.05, 0.1) is 25.3 Å². The van der Waals surface area contributed by atoms with Crippen LogP contribution in [0.2, 0.25) is 0 Å². The number of esters is 4. The minimum absolute atomic E-state index is 0.0120. The van der Waals surface area contributed by atoms with Crippen molar-refractivity contribution in [3.63, 3.8) is 0 Å². The lowest BCUT2D eigenvalue weighted by Gasteiger charge is -2.24. The van der Waals surface area contributed by atoms with Crippen molar-refractivity contribution < 1.29 is 62.3 Å². The molecule has 0 fully saturated rings. The Balaban J connectivity index is 1.97. The Hall–Kier alpha value is -5.19. The number of aliphatic carboxylic acids is 1. The average Bonchev–Trinajstić information content (AvgIpc) is 2.98. The van der Waals surface area contributed by atoms with Gasteiger partial charge in [-0.15, -0.1) is 0 Å². The molecule has 0 aliphatic heterocycles. The van der Waals surface area contributed by atoms with E-state index in [0.29, 0.717) is 0 Å². The first-order valence-corrected chi connectivity index (χ1v) is 13.8. The summed E-state index contributed by atoms with van der Waals surface area (Å²) in [4.78, 5) is 74.8. The van der Waals surface area contributed by atoms with Gasteiger partial charge in [-0.25, -0.2) is 14.4 Å². The predicted octanol–water partition coefficient (Wildman–Crippen LogP) is 3.63. The van der Waals surface area contributed by atoms with Crippen molar-refractivity contribution in [3.05, 3.63) is 75.4 Å². The molecule has 15 heteroatoms. The minimum atomic E-state index is -2.34. The molecule has 0 heterocycles. The molecule has 0 aromatic heterocycles. The third kappa shape index (κ3) is 9.40. The van der Waals surface area contributed by atoms with E-state index in [9.17, 15) is 33.9 Å². The Morgan fingerprint density at radius 2 is 1.18 bits per heavy atom. The number of carbonyl (C=O) groups excluding carboxylic acids is 5. The predicted molar refractivity (Wildman–Crippen MR) is 162 cm³/mol. The summed E-state index contributed by atoms with van der Waals surface area (Å²) >= 11 is 1.99. The molecule has 3 rings (SSSR count). The first-order chi connectivity index (χ1) is 21.3. The first kappa shape index (κ1) is 34.3. The van der Waals surface area contributed by atoms with Crippen LogP contribution in [-0.4, -0.2) is 67.3 Å². The summed E-state index contributed by atoms with van der Waals surface area (Å²) < 4.78 is 31.5. The maximum absolute atomic E-state index is 13.4. The molecule has 0 saturated heterocycles. The van der Waals surface area contributed by atoms with Crippen molar-refractivity contribution in [1.82, 2.24) is 0 Å². The Morgan fingerprint density at radius 1 is 0.689 bits per heavy atom. The smallest absolute Gasteiger partial charge is 0.349 e. The van der Waals surface area contributed by atoms with Gasteiger partial charge in [-0.05, 0) is 77.2 Å². The molecule has 0 unspecified atom stereocenters. The molecule has 0 aliphatic carbocycles. The monoisotopic (exact) mass is 735 g/mol. The van der Waals surface area contributed by atoms with Gasteiger partial charge in [0.25, 0.3) is 5.91 Å². The number of hydrogen-bond acceptors (Lipinski definition) is 12. The van der Waals surface area contributed by atoms with E-state index in [1.54, 1.807) is 18.2 Å². The summed E-state index contributed by atoms with van der Waals surface area (Å²) in [6, 6.07) is 13.5. The molecule has 0 aliphatic rings. The minimum Gasteiger partial charge on any atom is -0.493 e. The zero-order valence-corrected chi connectivity index (χ0v) is 26.3. The van der Waals surface area contributed by atoms with E-state index in [1.807, 2.05) is 22.6 Å². The second-order valence-electron chi connectivity index (χ2n) is 8.91. The van der Waals surface area contributed by atoms with Crippen molar-refractivity contribution in [1.29, 1.82) is 0 Å². The summed E-state index contributed by atoms with van der Waals surface area (Å²) in [5.74, 6) is -6.79. The molecule has 14 nitrogen and oxygen atoms in total. The second kappa shape index (κ2) is 15.5. The zero-order valence-electron chi connectivity index (χ0n) is 24.2. The Labute approximate surface area is 269 Å². The highest BCUT2D eigenvalue weighted by atomic mass is 127. The number of carboxylic acids is 1. The lowest BCUT2D eigenvalue weighted by molar-refractivity contribution is -0.157. The highest BCUT2D eigenvalue weighted by Crippen LogP contribution is 2.30. The maximum Gasteiger partial charge on any atom is 0.349 e. The average molecular weight is 735 g/mol. The molecule has 0 radical (unpaired) electrons. The van der Waals surface area contributed by atoms with Crippen LogP contribution in [0, 0.1) is 3.57 Å². The van der Waals surface area contributed by atoms with Crippen LogP contribution in [0.4, 0.5) is 5.69 Å². The Bertz CT molecular complexity index is 1640. The molecule has 2 N–H and O–H groups in total. The molecule has 3 aromatic carbocycles. The number of benzene rings is 3. The molecule has 0 bridgehead atoms. The van der Waals surface area contributed by atoms with Gasteiger partial charge >= 0.3 is 29.8 Å². The van der Waals surface area contributed by atoms with Crippen molar-refractivity contribution in [2.45, 2.75) is 26.1 Å². The zero-order chi connectivity index (χ0) is 33.3. The van der Waals surface area contributed by atoms with Gasteiger partial charge in [-0.3, -0.25) is 14.4 Å². The lowest BCUT2D eigenvalue weighted by Crippen LogP contribution is -2.48. The van der Waals surface area contributed by atoms with Gasteiger partial charge in [0, 0.05) is 23.1 Å². The van der Waals surface area contributed by atoms with E-state index < -0.39 is 48.0 Å². The number of nitrogens with one attached hydrogen (secondary N) is 1. The number of amides is 1. The third-order valence-electron chi connectivity index (χ3n) is 5.64. The normalized spacial score (nSPS) is 11.7. The number of rotatable bonds is 12. The van der Waals surface area contributed by atoms with E-state index in [4.69, 9.17) is 28.4 Å². The fourth-order valence-electron chi connectivity index (χ4n) is 3.71. The number of anilines is 1. The third-order valence-corrected chi connectivity index (χ3v) is 6.31. The van der Waals surface area contributed by atoms with Gasteiger partial charge < -0.3 is 38.8 Å². The first-order valence-electron chi connectivity index (χ1n) is 12.8. The second-order valence-corrected chi connectivity index (χ2v) is 10.2. The Kier molecular flexibility index (Phi) is 11.8. The topological polar surface area (TPSA) is 190 Å². The number of methoxy groups -OCH3 is 2. The molecule has 2 atom stereocenters. The molecule has 1 amide bonds. The van der Waals surface area contributed by atoms with E-state index >= 15 is 0 Å². The largest absolute Gasteiger partial charge is 0.493 e. The van der Waals surface area contributed by atoms with Crippen LogP contribution in [0.15, 0.2) is 60.7 Å². The fourth-order valence-corrected chi connectivity index (χ4v) is 4.25. The molecule has 0 spiro atoms. The lowest BCUT2D eigenvalue weighted by atomic mass is 10.1. The van der Waals surface area contributed by atoms with Gasteiger partial charge in [0.15, 0.2) is 23.0 Å². The van der Waals surface area contributed by atoms with Crippen molar-refractivity contribution >= 4 is 64.0 Å². The van der Waals surface area contributed by atoms with Crippen LogP contribution in [0.1, 0.15) is 34.6 Å². The molecule has 3 aromatic rings. The summed E-state index contributed by atoms with van der Waals surface area (Å²) in [6.45, 7) is 2.32. The van der Waals surface area contributed by atoms with Gasteiger partial charge in [-0.1, -0.05) is 6.07 Å². The van der Waals surface area contributed by atoms with Crippen molar-refractivity contribution in [2.75, 3.05) is 19.5 Å². The van der Waals surface area contributed by atoms with Crippen LogP contribution in [0.25, 0.3) is 0 Å². The molecular formula is C30H26INO13. The molecule has 236 valence electrons. The van der Waals surface area contributed by atoms with Crippen LogP contribution < -0.4 is 24.3 Å². The van der Waals surface area contributed by atoms with E-state index in [2.05, 4.69) is 5.32 Å². The SMILES string of the molecule is COc1cc(C(=O)O[C@@H](C(=O)O)[C@@H](OC(=O)c2ccc(OC(C)=O)c(OC)c2)C(=O)Nc2cccc(I)c2)ccc1OC(C)=O. The summed E-state index contributed by atoms with van der Waals surface area (Å²) in [6.07, 6.45) is -4.55. The number of ether oxygens (including phenoxy) is 6. The molecule has 0 saturated carbocycles. The standard InChI is InChI=1S/C30H26INO13/c1-15(33)42-21-10-8-17(12-23(21)40-3)29(38)44-25(27(35)32-20-7-5-6-19(31)14-20)26(28(36)37)45-30(39)18-9-11-22(43-16(2)34)24(13-18)41-4/h5-14,25-26H,1-4H3,(H,32,35)(H,36,37)/t25-,26-/m1/s1. The van der Waals surface area contributed by atoms with Crippen LogP contribution in [-0.2, 0) is 28.7 Å². The molecular weight excluding hydrogens is 709 g/mol. The van der Waals surface area contributed by atoms with E-state index in [1.165, 1.54) is 44.6 Å². The number of hydrogen-bond donors (Lipinski definition) is 2. The number of halogens is 1. The van der Waals surface area contributed by atoms with Crippen LogP contribution in [0.5, 0.6) is 23.0 Å². The van der Waals surface area contributed by atoms with E-state index in [0.717, 1.165) is 29.6 Å². The molecule has 45 heavy (non-hydrogen) atoms. The van der Waals surface area contributed by atoms with E-state index in [-0.39, 0.29) is 39.8 Å².